The fourth-order valence-electron chi connectivity index (χ4n) is 3.63. The monoisotopic (exact) mass is 344 g/mol. The largest absolute Gasteiger partial charge is 0.319 e. The number of nitrogens with one attached hydrogen (secondary N) is 2. The van der Waals surface area contributed by atoms with Gasteiger partial charge in [-0.2, -0.15) is 0 Å². The maximum atomic E-state index is 14.7. The number of carbonyl (C=O) groups is 1. The van der Waals surface area contributed by atoms with E-state index >= 15 is 0 Å². The Morgan fingerprint density at radius 3 is 3.08 bits per heavy atom. The lowest BCUT2D eigenvalue weighted by Crippen LogP contribution is -2.25. The minimum absolute atomic E-state index is 0.199. The van der Waals surface area contributed by atoms with Crippen molar-refractivity contribution in [2.24, 2.45) is 5.92 Å². The molecule has 2 aliphatic rings. The van der Waals surface area contributed by atoms with Gasteiger partial charge in [0.15, 0.2) is 0 Å². The molecule has 1 aromatic carbocycles. The second-order valence-corrected chi connectivity index (χ2v) is 7.99. The molecule has 2 aromatic rings. The quantitative estimate of drug-likeness (QED) is 0.867. The van der Waals surface area contributed by atoms with E-state index < -0.39 is 0 Å². The summed E-state index contributed by atoms with van der Waals surface area (Å²) in [5.74, 6) is 0.196. The highest BCUT2D eigenvalue weighted by Gasteiger charge is 2.22. The van der Waals surface area contributed by atoms with Crippen molar-refractivity contribution in [3.05, 3.63) is 50.5 Å². The Bertz CT molecular complexity index is 799. The molecule has 0 spiro atoms. The van der Waals surface area contributed by atoms with Crippen molar-refractivity contribution >= 4 is 22.9 Å². The van der Waals surface area contributed by atoms with Crippen LogP contribution in [-0.4, -0.2) is 12.5 Å². The number of hydrogen-bond donors (Lipinski definition) is 2. The zero-order valence-corrected chi connectivity index (χ0v) is 14.6. The van der Waals surface area contributed by atoms with Gasteiger partial charge in [-0.3, -0.25) is 4.79 Å². The van der Waals surface area contributed by atoms with E-state index in [0.29, 0.717) is 29.4 Å². The highest BCUT2D eigenvalue weighted by Crippen LogP contribution is 2.33. The fourth-order valence-corrected chi connectivity index (χ4v) is 4.74. The standard InChI is InChI=1S/C19H21FN2OS/c1-11-2-5-16-13(8-11)9-17(24-16)19(23)22-15-4-3-12-10-21-7-6-14(12)18(15)20/h3-4,9,11,21H,2,5-8,10H2,1H3,(H,22,23). The Morgan fingerprint density at radius 2 is 2.21 bits per heavy atom. The molecular formula is C19H21FN2OS. The number of aryl methyl sites for hydroxylation is 1. The van der Waals surface area contributed by atoms with Gasteiger partial charge in [-0.05, 0) is 67.0 Å². The van der Waals surface area contributed by atoms with Crippen LogP contribution in [0, 0.1) is 11.7 Å². The highest BCUT2D eigenvalue weighted by atomic mass is 32.1. The predicted molar refractivity (Wildman–Crippen MR) is 95.3 cm³/mol. The minimum atomic E-state index is -0.280. The van der Waals surface area contributed by atoms with Crippen molar-refractivity contribution in [2.75, 3.05) is 11.9 Å². The van der Waals surface area contributed by atoms with Crippen LogP contribution in [0.4, 0.5) is 10.1 Å². The molecule has 3 nitrogen and oxygen atoms in total. The van der Waals surface area contributed by atoms with E-state index in [2.05, 4.69) is 17.6 Å². The Balaban J connectivity index is 1.56. The van der Waals surface area contributed by atoms with Crippen molar-refractivity contribution in [1.29, 1.82) is 0 Å². The lowest BCUT2D eigenvalue weighted by molar-refractivity contribution is 0.103. The van der Waals surface area contributed by atoms with Crippen molar-refractivity contribution < 1.29 is 9.18 Å². The minimum Gasteiger partial charge on any atom is -0.319 e. The zero-order chi connectivity index (χ0) is 16.7. The van der Waals surface area contributed by atoms with Crippen LogP contribution in [0.25, 0.3) is 0 Å². The average Bonchev–Trinajstić information content (AvgIpc) is 3.01. The van der Waals surface area contributed by atoms with Crippen LogP contribution in [0.3, 0.4) is 0 Å². The number of anilines is 1. The second-order valence-electron chi connectivity index (χ2n) is 6.85. The number of benzene rings is 1. The smallest absolute Gasteiger partial charge is 0.265 e. The molecule has 0 saturated carbocycles. The van der Waals surface area contributed by atoms with Gasteiger partial charge < -0.3 is 10.6 Å². The van der Waals surface area contributed by atoms with Gasteiger partial charge in [-0.1, -0.05) is 13.0 Å². The van der Waals surface area contributed by atoms with Crippen LogP contribution in [0.1, 0.15) is 44.6 Å². The van der Waals surface area contributed by atoms with Gasteiger partial charge in [0.2, 0.25) is 0 Å². The SMILES string of the molecule is CC1CCc2sc(C(=O)Nc3ccc4c(c3F)CCNC4)cc2C1. The van der Waals surface area contributed by atoms with Crippen LogP contribution >= 0.6 is 11.3 Å². The molecule has 0 fully saturated rings. The van der Waals surface area contributed by atoms with Gasteiger partial charge >= 0.3 is 0 Å². The predicted octanol–water partition coefficient (Wildman–Crippen LogP) is 3.91. The Hall–Kier alpha value is -1.72. The summed E-state index contributed by atoms with van der Waals surface area (Å²) < 4.78 is 14.7. The lowest BCUT2D eigenvalue weighted by atomic mass is 9.90. The van der Waals surface area contributed by atoms with Crippen molar-refractivity contribution in [3.8, 4) is 0 Å². The molecule has 0 bridgehead atoms. The molecule has 1 amide bonds. The number of hydrogen-bond acceptors (Lipinski definition) is 3. The van der Waals surface area contributed by atoms with Crippen LogP contribution < -0.4 is 10.6 Å². The average molecular weight is 344 g/mol. The maximum absolute atomic E-state index is 14.7. The van der Waals surface area contributed by atoms with Gasteiger partial charge in [-0.15, -0.1) is 11.3 Å². The van der Waals surface area contributed by atoms with E-state index in [4.69, 9.17) is 0 Å². The van der Waals surface area contributed by atoms with Gasteiger partial charge in [0, 0.05) is 11.4 Å². The summed E-state index contributed by atoms with van der Waals surface area (Å²) in [6.07, 6.45) is 3.94. The number of carbonyl (C=O) groups excluding carboxylic acids is 1. The van der Waals surface area contributed by atoms with Crippen LogP contribution in [-0.2, 0) is 25.8 Å². The summed E-state index contributed by atoms with van der Waals surface area (Å²) in [4.78, 5) is 14.6. The summed E-state index contributed by atoms with van der Waals surface area (Å²) in [6.45, 7) is 3.71. The number of halogens is 1. The molecule has 1 atom stereocenters. The third-order valence-electron chi connectivity index (χ3n) is 5.01. The number of thiophene rings is 1. The van der Waals surface area contributed by atoms with Gasteiger partial charge in [0.05, 0.1) is 10.6 Å². The molecule has 5 heteroatoms. The summed E-state index contributed by atoms with van der Waals surface area (Å²) in [6, 6.07) is 5.57. The number of amides is 1. The van der Waals surface area contributed by atoms with E-state index in [1.54, 1.807) is 17.4 Å². The number of fused-ring (bicyclic) bond motifs is 2. The lowest BCUT2D eigenvalue weighted by Gasteiger charge is -2.19. The van der Waals surface area contributed by atoms with Crippen LogP contribution in [0.5, 0.6) is 0 Å². The molecule has 1 aromatic heterocycles. The van der Waals surface area contributed by atoms with E-state index in [0.717, 1.165) is 30.5 Å². The molecule has 2 heterocycles. The van der Waals surface area contributed by atoms with E-state index in [9.17, 15) is 9.18 Å². The molecule has 1 unspecified atom stereocenters. The molecule has 2 N–H and O–H groups in total. The molecule has 4 rings (SSSR count). The first-order valence-electron chi connectivity index (χ1n) is 8.55. The molecule has 0 radical (unpaired) electrons. The highest BCUT2D eigenvalue weighted by molar-refractivity contribution is 7.14. The second kappa shape index (κ2) is 6.30. The molecule has 0 saturated heterocycles. The summed E-state index contributed by atoms with van der Waals surface area (Å²) in [5.41, 5.74) is 3.30. The van der Waals surface area contributed by atoms with Crippen molar-refractivity contribution in [1.82, 2.24) is 5.32 Å². The normalized spacial score (nSPS) is 19.5. The molecule has 24 heavy (non-hydrogen) atoms. The summed E-state index contributed by atoms with van der Waals surface area (Å²) >= 11 is 1.55. The van der Waals surface area contributed by atoms with E-state index in [1.807, 2.05) is 12.1 Å². The molecule has 126 valence electrons. The Kier molecular flexibility index (Phi) is 4.14. The van der Waals surface area contributed by atoms with Gasteiger partial charge in [-0.25, -0.2) is 4.39 Å². The third-order valence-corrected chi connectivity index (χ3v) is 6.24. The van der Waals surface area contributed by atoms with Crippen LogP contribution in [0.2, 0.25) is 0 Å². The molecular weight excluding hydrogens is 323 g/mol. The fraction of sp³-hybridized carbons (Fsp3) is 0.421. The molecule has 1 aliphatic heterocycles. The van der Waals surface area contributed by atoms with Crippen LogP contribution in [0.15, 0.2) is 18.2 Å². The van der Waals surface area contributed by atoms with Crippen molar-refractivity contribution in [3.63, 3.8) is 0 Å². The Labute approximate surface area is 145 Å². The zero-order valence-electron chi connectivity index (χ0n) is 13.7. The third kappa shape index (κ3) is 2.87. The first kappa shape index (κ1) is 15.8. The first-order chi connectivity index (χ1) is 11.6. The first-order valence-corrected chi connectivity index (χ1v) is 9.37. The summed E-state index contributed by atoms with van der Waals surface area (Å²) in [7, 11) is 0. The van der Waals surface area contributed by atoms with Gasteiger partial charge in [0.1, 0.15) is 5.82 Å². The molecule has 1 aliphatic carbocycles. The Morgan fingerprint density at radius 1 is 1.33 bits per heavy atom. The van der Waals surface area contributed by atoms with Crippen molar-refractivity contribution in [2.45, 2.75) is 39.2 Å². The van der Waals surface area contributed by atoms with E-state index in [1.165, 1.54) is 16.9 Å². The topological polar surface area (TPSA) is 41.1 Å². The van der Waals surface area contributed by atoms with E-state index in [-0.39, 0.29) is 11.7 Å². The van der Waals surface area contributed by atoms with Gasteiger partial charge in [0.25, 0.3) is 5.91 Å². The number of rotatable bonds is 2. The maximum Gasteiger partial charge on any atom is 0.265 e. The summed E-state index contributed by atoms with van der Waals surface area (Å²) in [5, 5.41) is 6.01.